The molecule has 0 saturated heterocycles. The third-order valence-corrected chi connectivity index (χ3v) is 4.29. The van der Waals surface area contributed by atoms with Gasteiger partial charge in [-0.05, 0) is 34.9 Å². The molecule has 1 N–H and O–H groups in total. The van der Waals surface area contributed by atoms with Crippen LogP contribution in [-0.4, -0.2) is 26.9 Å². The van der Waals surface area contributed by atoms with Crippen molar-refractivity contribution in [1.29, 1.82) is 0 Å². The fraction of sp³-hybridized carbons (Fsp3) is 0. The van der Waals surface area contributed by atoms with Crippen LogP contribution >= 0.6 is 0 Å². The van der Waals surface area contributed by atoms with Crippen molar-refractivity contribution in [3.8, 4) is 16.9 Å². The van der Waals surface area contributed by atoms with Crippen molar-refractivity contribution >= 4 is 29.4 Å². The lowest BCUT2D eigenvalue weighted by Crippen LogP contribution is -2.09. The van der Waals surface area contributed by atoms with Gasteiger partial charge < -0.3 is 9.84 Å². The smallest absolute Gasteiger partial charge is 0.344 e. The Balaban J connectivity index is 1.76. The monoisotopic (exact) mass is 434 g/mol. The summed E-state index contributed by atoms with van der Waals surface area (Å²) in [7, 11) is 0. The van der Waals surface area contributed by atoms with Gasteiger partial charge in [0, 0.05) is 18.2 Å². The van der Waals surface area contributed by atoms with Gasteiger partial charge in [-0.3, -0.25) is 20.2 Å². The second-order valence-corrected chi connectivity index (χ2v) is 6.46. The Morgan fingerprint density at radius 3 is 1.78 bits per heavy atom. The molecular formula is C22H14N2O8. The van der Waals surface area contributed by atoms with Gasteiger partial charge in [-0.15, -0.1) is 0 Å². The lowest BCUT2D eigenvalue weighted by Gasteiger charge is -2.07. The van der Waals surface area contributed by atoms with E-state index in [1.54, 1.807) is 36.4 Å². The first-order chi connectivity index (χ1) is 15.2. The molecule has 0 aliphatic carbocycles. The molecule has 0 heterocycles. The van der Waals surface area contributed by atoms with Crippen LogP contribution in [-0.2, 0) is 4.79 Å². The summed E-state index contributed by atoms with van der Waals surface area (Å²) < 4.78 is 5.19. The van der Waals surface area contributed by atoms with Crippen molar-refractivity contribution in [2.45, 2.75) is 0 Å². The summed E-state index contributed by atoms with van der Waals surface area (Å²) in [6, 6.07) is 16.0. The van der Waals surface area contributed by atoms with Gasteiger partial charge in [0.15, 0.2) is 0 Å². The zero-order valence-corrected chi connectivity index (χ0v) is 16.2. The first-order valence-corrected chi connectivity index (χ1v) is 9.00. The minimum Gasteiger partial charge on any atom is -0.478 e. The average Bonchev–Trinajstić information content (AvgIpc) is 2.78. The van der Waals surface area contributed by atoms with Crippen LogP contribution in [0, 0.1) is 20.2 Å². The summed E-state index contributed by atoms with van der Waals surface area (Å²) in [4.78, 5) is 43.2. The second kappa shape index (κ2) is 9.30. The van der Waals surface area contributed by atoms with Crippen LogP contribution in [0.15, 0.2) is 72.8 Å². The molecule has 0 aliphatic heterocycles. The number of hydrogen-bond acceptors (Lipinski definition) is 7. The summed E-state index contributed by atoms with van der Waals surface area (Å²) in [6.07, 6.45) is 2.50. The maximum atomic E-state index is 12.3. The molecule has 3 aromatic carbocycles. The van der Waals surface area contributed by atoms with Crippen LogP contribution in [0.1, 0.15) is 15.9 Å². The lowest BCUT2D eigenvalue weighted by atomic mass is 10.0. The minimum absolute atomic E-state index is 0.147. The Kier molecular flexibility index (Phi) is 6.35. The summed E-state index contributed by atoms with van der Waals surface area (Å²) in [5.41, 5.74) is 0.841. The number of ether oxygens (including phenoxy) is 1. The molecule has 0 spiro atoms. The molecule has 160 valence electrons. The van der Waals surface area contributed by atoms with E-state index >= 15 is 0 Å². The number of nitrogens with zero attached hydrogens (tertiary/aromatic N) is 2. The highest BCUT2D eigenvalue weighted by Gasteiger charge is 2.21. The average molecular weight is 434 g/mol. The highest BCUT2D eigenvalue weighted by Crippen LogP contribution is 2.26. The SMILES string of the molecule is O=C(O)/C=C/c1ccc(-c2ccc(OC(=O)c3cc([N+](=O)[O-])cc([N+](=O)[O-])c3)cc2)cc1. The van der Waals surface area contributed by atoms with Gasteiger partial charge in [0.05, 0.1) is 21.5 Å². The fourth-order valence-electron chi connectivity index (χ4n) is 2.76. The van der Waals surface area contributed by atoms with Crippen molar-refractivity contribution in [2.75, 3.05) is 0 Å². The first-order valence-electron chi connectivity index (χ1n) is 9.00. The van der Waals surface area contributed by atoms with Gasteiger partial charge in [0.2, 0.25) is 0 Å². The van der Waals surface area contributed by atoms with E-state index in [0.29, 0.717) is 5.56 Å². The van der Waals surface area contributed by atoms with Crippen LogP contribution in [0.3, 0.4) is 0 Å². The number of nitro benzene ring substituents is 2. The van der Waals surface area contributed by atoms with E-state index in [1.807, 2.05) is 0 Å². The number of hydrogen-bond donors (Lipinski definition) is 1. The highest BCUT2D eigenvalue weighted by molar-refractivity contribution is 5.92. The van der Waals surface area contributed by atoms with Crippen molar-refractivity contribution in [3.05, 3.63) is 104 Å². The van der Waals surface area contributed by atoms with E-state index in [2.05, 4.69) is 0 Å². The molecule has 0 saturated carbocycles. The van der Waals surface area contributed by atoms with E-state index in [-0.39, 0.29) is 11.3 Å². The second-order valence-electron chi connectivity index (χ2n) is 6.46. The zero-order chi connectivity index (χ0) is 23.3. The molecule has 3 rings (SSSR count). The summed E-state index contributed by atoms with van der Waals surface area (Å²) in [5, 5.41) is 30.6. The number of carboxylic acid groups (broad SMARTS) is 1. The third kappa shape index (κ3) is 5.39. The van der Waals surface area contributed by atoms with Gasteiger partial charge in [0.25, 0.3) is 11.4 Å². The Morgan fingerprint density at radius 2 is 1.31 bits per heavy atom. The standard InChI is InChI=1S/C22H14N2O8/c25-21(26)10-3-14-1-4-15(5-2-14)16-6-8-20(9-7-16)32-22(27)17-11-18(23(28)29)13-19(12-17)24(30)31/h1-13H,(H,25,26)/b10-3+. The highest BCUT2D eigenvalue weighted by atomic mass is 16.6. The summed E-state index contributed by atoms with van der Waals surface area (Å²) in [6.45, 7) is 0. The molecule has 0 atom stereocenters. The quantitative estimate of drug-likeness (QED) is 0.188. The number of carboxylic acids is 1. The number of benzene rings is 3. The van der Waals surface area contributed by atoms with Gasteiger partial charge in [-0.1, -0.05) is 36.4 Å². The number of non-ortho nitro benzene ring substituents is 2. The van der Waals surface area contributed by atoms with Gasteiger partial charge in [0.1, 0.15) is 5.75 Å². The number of nitro groups is 2. The number of aliphatic carboxylic acids is 1. The zero-order valence-electron chi connectivity index (χ0n) is 16.2. The van der Waals surface area contributed by atoms with Crippen molar-refractivity contribution < 1.29 is 29.3 Å². The third-order valence-electron chi connectivity index (χ3n) is 4.29. The van der Waals surface area contributed by atoms with E-state index < -0.39 is 33.2 Å². The van der Waals surface area contributed by atoms with Crippen LogP contribution in [0.2, 0.25) is 0 Å². The number of esters is 1. The van der Waals surface area contributed by atoms with Gasteiger partial charge in [-0.25, -0.2) is 9.59 Å². The van der Waals surface area contributed by atoms with E-state index in [9.17, 15) is 29.8 Å². The largest absolute Gasteiger partial charge is 0.478 e. The Morgan fingerprint density at radius 1 is 0.812 bits per heavy atom. The van der Waals surface area contributed by atoms with Gasteiger partial charge >= 0.3 is 11.9 Å². The maximum absolute atomic E-state index is 12.3. The molecule has 10 heteroatoms. The molecule has 0 unspecified atom stereocenters. The molecule has 0 bridgehead atoms. The lowest BCUT2D eigenvalue weighted by molar-refractivity contribution is -0.394. The Labute approximate surface area is 180 Å². The van der Waals surface area contributed by atoms with E-state index in [4.69, 9.17) is 9.84 Å². The predicted molar refractivity (Wildman–Crippen MR) is 113 cm³/mol. The number of carbonyl (C=O) groups is 2. The molecule has 0 fully saturated rings. The van der Waals surface area contributed by atoms with Crippen LogP contribution in [0.5, 0.6) is 5.75 Å². The van der Waals surface area contributed by atoms with E-state index in [0.717, 1.165) is 35.4 Å². The summed E-state index contributed by atoms with van der Waals surface area (Å²) >= 11 is 0. The van der Waals surface area contributed by atoms with Crippen LogP contribution in [0.4, 0.5) is 11.4 Å². The molecule has 0 radical (unpaired) electrons. The first kappa shape index (κ1) is 21.8. The molecular weight excluding hydrogens is 420 g/mol. The molecule has 0 amide bonds. The van der Waals surface area contributed by atoms with Crippen LogP contribution < -0.4 is 4.74 Å². The van der Waals surface area contributed by atoms with Crippen molar-refractivity contribution in [3.63, 3.8) is 0 Å². The van der Waals surface area contributed by atoms with Crippen molar-refractivity contribution in [1.82, 2.24) is 0 Å². The molecule has 0 aliphatic rings. The minimum atomic E-state index is -1.04. The van der Waals surface area contributed by atoms with Crippen LogP contribution in [0.25, 0.3) is 17.2 Å². The Bertz CT molecular complexity index is 1200. The maximum Gasteiger partial charge on any atom is 0.344 e. The fourth-order valence-corrected chi connectivity index (χ4v) is 2.76. The number of carbonyl (C=O) groups excluding carboxylic acids is 1. The summed E-state index contributed by atoms with van der Waals surface area (Å²) in [5.74, 6) is -1.87. The van der Waals surface area contributed by atoms with Gasteiger partial charge in [-0.2, -0.15) is 0 Å². The normalized spacial score (nSPS) is 10.6. The molecule has 0 aromatic heterocycles. The Hall–Kier alpha value is -4.86. The molecule has 32 heavy (non-hydrogen) atoms. The molecule has 10 nitrogen and oxygen atoms in total. The van der Waals surface area contributed by atoms with Crippen molar-refractivity contribution in [2.24, 2.45) is 0 Å². The predicted octanol–water partition coefficient (Wildman–Crippen LogP) is 4.49. The van der Waals surface area contributed by atoms with E-state index in [1.165, 1.54) is 18.2 Å². The topological polar surface area (TPSA) is 150 Å². The molecule has 3 aromatic rings. The number of rotatable bonds is 7.